The van der Waals surface area contributed by atoms with E-state index < -0.39 is 0 Å². The van der Waals surface area contributed by atoms with Gasteiger partial charge in [0.25, 0.3) is 0 Å². The molecule has 3 nitrogen and oxygen atoms in total. The molecule has 0 amide bonds. The topological polar surface area (TPSA) is 30.5 Å². The van der Waals surface area contributed by atoms with Crippen molar-refractivity contribution in [2.45, 2.75) is 51.9 Å². The number of rotatable bonds is 3. The number of hydrogen-bond acceptors (Lipinski definition) is 3. The molecule has 1 aromatic rings. The van der Waals surface area contributed by atoms with Gasteiger partial charge in [0.2, 0.25) is 0 Å². The molecule has 0 spiro atoms. The van der Waals surface area contributed by atoms with Crippen LogP contribution >= 0.6 is 0 Å². The summed E-state index contributed by atoms with van der Waals surface area (Å²) in [6, 6.07) is 6.74. The first-order chi connectivity index (χ1) is 8.58. The van der Waals surface area contributed by atoms with Crippen LogP contribution in [0.25, 0.3) is 0 Å². The molecule has 1 heterocycles. The largest absolute Gasteiger partial charge is 0.496 e. The average Bonchev–Trinajstić information content (AvgIpc) is 2.27. The number of anilines is 1. The highest BCUT2D eigenvalue weighted by Gasteiger charge is 2.24. The Balaban J connectivity index is 2.02. The quantitative estimate of drug-likeness (QED) is 0.891. The van der Waals surface area contributed by atoms with Gasteiger partial charge in [-0.1, -0.05) is 0 Å². The number of nitrogens with one attached hydrogen (secondary N) is 1. The Morgan fingerprint density at radius 2 is 1.89 bits per heavy atom. The van der Waals surface area contributed by atoms with Crippen LogP contribution in [-0.4, -0.2) is 25.4 Å². The molecule has 0 radical (unpaired) electrons. The summed E-state index contributed by atoms with van der Waals surface area (Å²) in [5.41, 5.74) is 2.33. The second-order valence-electron chi connectivity index (χ2n) is 5.25. The van der Waals surface area contributed by atoms with Gasteiger partial charge in [0.05, 0.1) is 19.3 Å². The van der Waals surface area contributed by atoms with Crippen molar-refractivity contribution < 1.29 is 9.47 Å². The van der Waals surface area contributed by atoms with Crippen LogP contribution in [0.1, 0.15) is 32.3 Å². The van der Waals surface area contributed by atoms with Gasteiger partial charge in [-0.2, -0.15) is 0 Å². The van der Waals surface area contributed by atoms with Crippen LogP contribution < -0.4 is 10.1 Å². The number of hydrogen-bond donors (Lipinski definition) is 1. The van der Waals surface area contributed by atoms with Gasteiger partial charge in [-0.3, -0.25) is 0 Å². The van der Waals surface area contributed by atoms with E-state index in [0.29, 0.717) is 18.2 Å². The van der Waals surface area contributed by atoms with Crippen molar-refractivity contribution in [1.82, 2.24) is 0 Å². The monoisotopic (exact) mass is 249 g/mol. The van der Waals surface area contributed by atoms with E-state index in [0.717, 1.165) is 24.2 Å². The molecule has 1 aliphatic heterocycles. The maximum atomic E-state index is 5.75. The molecule has 1 saturated heterocycles. The SMILES string of the molecule is COc1ccc(NC2CC(C)OC(C)C2)cc1C. The summed E-state index contributed by atoms with van der Waals surface area (Å²) in [6.45, 7) is 6.35. The van der Waals surface area contributed by atoms with Gasteiger partial charge in [-0.15, -0.1) is 0 Å². The molecule has 1 N–H and O–H groups in total. The lowest BCUT2D eigenvalue weighted by molar-refractivity contribution is -0.0337. The number of ether oxygens (including phenoxy) is 2. The van der Waals surface area contributed by atoms with Gasteiger partial charge in [-0.25, -0.2) is 0 Å². The zero-order valence-corrected chi connectivity index (χ0v) is 11.7. The average molecular weight is 249 g/mol. The molecule has 0 aliphatic carbocycles. The Bertz CT molecular complexity index is 395. The van der Waals surface area contributed by atoms with Crippen LogP contribution in [-0.2, 0) is 4.74 Å². The fourth-order valence-corrected chi connectivity index (χ4v) is 2.73. The molecule has 100 valence electrons. The van der Waals surface area contributed by atoms with Crippen molar-refractivity contribution in [3.8, 4) is 5.75 Å². The van der Waals surface area contributed by atoms with Crippen LogP contribution in [0.2, 0.25) is 0 Å². The first-order valence-electron chi connectivity index (χ1n) is 6.65. The zero-order chi connectivity index (χ0) is 13.1. The Kier molecular flexibility index (Phi) is 4.12. The maximum absolute atomic E-state index is 5.75. The van der Waals surface area contributed by atoms with E-state index >= 15 is 0 Å². The van der Waals surface area contributed by atoms with Crippen LogP contribution in [0.5, 0.6) is 5.75 Å². The molecule has 3 heteroatoms. The van der Waals surface area contributed by atoms with Crippen molar-refractivity contribution in [2.75, 3.05) is 12.4 Å². The minimum atomic E-state index is 0.339. The van der Waals surface area contributed by atoms with Crippen molar-refractivity contribution in [3.05, 3.63) is 23.8 Å². The van der Waals surface area contributed by atoms with Crippen molar-refractivity contribution in [1.29, 1.82) is 0 Å². The molecule has 2 unspecified atom stereocenters. The molecule has 2 atom stereocenters. The van der Waals surface area contributed by atoms with Gasteiger partial charge in [0.15, 0.2) is 0 Å². The molecule has 1 aliphatic rings. The first kappa shape index (κ1) is 13.2. The van der Waals surface area contributed by atoms with Gasteiger partial charge >= 0.3 is 0 Å². The normalized spacial score (nSPS) is 27.9. The van der Waals surface area contributed by atoms with E-state index in [1.807, 2.05) is 6.07 Å². The molecule has 2 rings (SSSR count). The lowest BCUT2D eigenvalue weighted by Crippen LogP contribution is -2.36. The van der Waals surface area contributed by atoms with Crippen LogP contribution in [0, 0.1) is 6.92 Å². The molecule has 0 aromatic heterocycles. The Hall–Kier alpha value is -1.22. The van der Waals surface area contributed by atoms with Crippen molar-refractivity contribution in [2.24, 2.45) is 0 Å². The summed E-state index contributed by atoms with van der Waals surface area (Å²) in [4.78, 5) is 0. The van der Waals surface area contributed by atoms with E-state index in [1.165, 1.54) is 5.69 Å². The Labute approximate surface area is 109 Å². The van der Waals surface area contributed by atoms with Crippen molar-refractivity contribution in [3.63, 3.8) is 0 Å². The van der Waals surface area contributed by atoms with E-state index in [1.54, 1.807) is 7.11 Å². The summed E-state index contributed by atoms with van der Waals surface area (Å²) < 4.78 is 11.0. The van der Waals surface area contributed by atoms with Crippen molar-refractivity contribution >= 4 is 5.69 Å². The third-order valence-electron chi connectivity index (χ3n) is 3.46. The van der Waals surface area contributed by atoms with E-state index in [-0.39, 0.29) is 0 Å². The predicted molar refractivity (Wildman–Crippen MR) is 74.4 cm³/mol. The molecule has 1 fully saturated rings. The van der Waals surface area contributed by atoms with Gasteiger partial charge in [0, 0.05) is 11.7 Å². The van der Waals surface area contributed by atoms with Gasteiger partial charge in [-0.05, 0) is 57.4 Å². The second kappa shape index (κ2) is 5.61. The lowest BCUT2D eigenvalue weighted by atomic mass is 9.99. The summed E-state index contributed by atoms with van der Waals surface area (Å²) >= 11 is 0. The number of benzene rings is 1. The highest BCUT2D eigenvalue weighted by molar-refractivity contribution is 5.51. The van der Waals surface area contributed by atoms with E-state index in [4.69, 9.17) is 9.47 Å². The van der Waals surface area contributed by atoms with Crippen LogP contribution in [0.3, 0.4) is 0 Å². The number of methoxy groups -OCH3 is 1. The predicted octanol–water partition coefficient (Wildman–Crippen LogP) is 3.37. The second-order valence-corrected chi connectivity index (χ2v) is 5.25. The fraction of sp³-hybridized carbons (Fsp3) is 0.600. The first-order valence-corrected chi connectivity index (χ1v) is 6.65. The van der Waals surface area contributed by atoms with Crippen LogP contribution in [0.15, 0.2) is 18.2 Å². The number of aryl methyl sites for hydroxylation is 1. The maximum Gasteiger partial charge on any atom is 0.121 e. The Morgan fingerprint density at radius 3 is 2.44 bits per heavy atom. The molecular formula is C15H23NO2. The highest BCUT2D eigenvalue weighted by atomic mass is 16.5. The summed E-state index contributed by atoms with van der Waals surface area (Å²) in [5, 5.41) is 3.60. The molecule has 1 aromatic carbocycles. The van der Waals surface area contributed by atoms with Gasteiger partial charge in [0.1, 0.15) is 5.75 Å². The third-order valence-corrected chi connectivity index (χ3v) is 3.46. The van der Waals surface area contributed by atoms with E-state index in [2.05, 4.69) is 38.2 Å². The Morgan fingerprint density at radius 1 is 1.22 bits per heavy atom. The minimum Gasteiger partial charge on any atom is -0.496 e. The third kappa shape index (κ3) is 3.16. The molecule has 18 heavy (non-hydrogen) atoms. The standard InChI is InChI=1S/C15H23NO2/c1-10-7-13(5-6-15(10)17-4)16-14-8-11(2)18-12(3)9-14/h5-7,11-12,14,16H,8-9H2,1-4H3. The molecular weight excluding hydrogens is 226 g/mol. The van der Waals surface area contributed by atoms with Crippen LogP contribution in [0.4, 0.5) is 5.69 Å². The lowest BCUT2D eigenvalue weighted by Gasteiger charge is -2.33. The molecule has 0 bridgehead atoms. The summed E-state index contributed by atoms with van der Waals surface area (Å²) in [6.07, 6.45) is 2.81. The minimum absolute atomic E-state index is 0.339. The van der Waals surface area contributed by atoms with E-state index in [9.17, 15) is 0 Å². The fourth-order valence-electron chi connectivity index (χ4n) is 2.73. The summed E-state index contributed by atoms with van der Waals surface area (Å²) in [5.74, 6) is 0.939. The summed E-state index contributed by atoms with van der Waals surface area (Å²) in [7, 11) is 1.71. The smallest absolute Gasteiger partial charge is 0.121 e. The zero-order valence-electron chi connectivity index (χ0n) is 11.7. The molecule has 0 saturated carbocycles. The van der Waals surface area contributed by atoms with Gasteiger partial charge < -0.3 is 14.8 Å². The highest BCUT2D eigenvalue weighted by Crippen LogP contribution is 2.25.